The van der Waals surface area contributed by atoms with E-state index in [0.717, 1.165) is 5.69 Å². The van der Waals surface area contributed by atoms with Crippen LogP contribution in [0.2, 0.25) is 5.02 Å². The van der Waals surface area contributed by atoms with Crippen LogP contribution in [0.4, 0.5) is 11.8 Å². The summed E-state index contributed by atoms with van der Waals surface area (Å²) in [5.74, 6) is 5.94. The van der Waals surface area contributed by atoms with Crippen LogP contribution >= 0.6 is 11.6 Å². The Labute approximate surface area is 212 Å². The van der Waals surface area contributed by atoms with Crippen molar-refractivity contribution in [3.63, 3.8) is 0 Å². The summed E-state index contributed by atoms with van der Waals surface area (Å²) in [6.07, 6.45) is 1.58. The van der Waals surface area contributed by atoms with E-state index in [9.17, 15) is 9.59 Å². The maximum Gasteiger partial charge on any atom is 0.234 e. The number of pyridine rings is 1. The van der Waals surface area contributed by atoms with Crippen LogP contribution in [0.5, 0.6) is 0 Å². The number of nitrogens with one attached hydrogen (secondary N) is 1. The Morgan fingerprint density at radius 3 is 2.40 bits per heavy atom. The van der Waals surface area contributed by atoms with Crippen LogP contribution in [0, 0.1) is 30.6 Å². The lowest BCUT2D eigenvalue weighted by Gasteiger charge is -2.24. The van der Waals surface area contributed by atoms with Crippen molar-refractivity contribution in [3.8, 4) is 11.8 Å². The standard InChI is InChI=1S/C26H34ClN5O3/c1-16(2)23(33)30-22-20(11-12-26(6,7)21-10-9-19(27)15-28-21)18(5)29-25(31-22)32(13-14-35-8)24(34)17(3)4/h9-10,15-17H,13-14H2,1-8H3,(H,29,30,31,33). The van der Waals surface area contributed by atoms with Gasteiger partial charge in [0.1, 0.15) is 0 Å². The zero-order valence-electron chi connectivity index (χ0n) is 21.7. The average Bonchev–Trinajstić information content (AvgIpc) is 2.78. The molecule has 0 aromatic carbocycles. The fourth-order valence-corrected chi connectivity index (χ4v) is 3.12. The number of halogens is 1. The second-order valence-electron chi connectivity index (χ2n) is 9.35. The van der Waals surface area contributed by atoms with Crippen LogP contribution < -0.4 is 10.2 Å². The highest BCUT2D eigenvalue weighted by Gasteiger charge is 2.25. The third-order valence-corrected chi connectivity index (χ3v) is 5.46. The molecule has 188 valence electrons. The van der Waals surface area contributed by atoms with E-state index >= 15 is 0 Å². The summed E-state index contributed by atoms with van der Waals surface area (Å²) in [4.78, 5) is 40.5. The Bertz CT molecular complexity index is 1120. The van der Waals surface area contributed by atoms with E-state index in [4.69, 9.17) is 16.3 Å². The van der Waals surface area contributed by atoms with Crippen LogP contribution in [-0.2, 0) is 19.7 Å². The molecule has 2 aromatic rings. The lowest BCUT2D eigenvalue weighted by molar-refractivity contribution is -0.121. The van der Waals surface area contributed by atoms with Gasteiger partial charge in [-0.05, 0) is 32.9 Å². The fourth-order valence-electron chi connectivity index (χ4n) is 3.01. The minimum Gasteiger partial charge on any atom is -0.383 e. The van der Waals surface area contributed by atoms with Gasteiger partial charge in [-0.1, -0.05) is 51.1 Å². The molecule has 0 radical (unpaired) electrons. The van der Waals surface area contributed by atoms with E-state index in [1.54, 1.807) is 40.1 Å². The van der Waals surface area contributed by atoms with Gasteiger partial charge in [0.25, 0.3) is 0 Å². The summed E-state index contributed by atoms with van der Waals surface area (Å²) in [7, 11) is 1.56. The molecule has 35 heavy (non-hydrogen) atoms. The zero-order chi connectivity index (χ0) is 26.3. The van der Waals surface area contributed by atoms with E-state index in [2.05, 4.69) is 32.1 Å². The van der Waals surface area contributed by atoms with Crippen LogP contribution in [0.15, 0.2) is 18.3 Å². The maximum atomic E-state index is 12.9. The molecule has 8 nitrogen and oxygen atoms in total. The molecule has 2 aromatic heterocycles. The molecule has 2 rings (SSSR count). The van der Waals surface area contributed by atoms with Gasteiger partial charge in [-0.3, -0.25) is 19.5 Å². The lowest BCUT2D eigenvalue weighted by Crippen LogP contribution is -2.38. The van der Waals surface area contributed by atoms with E-state index in [1.165, 1.54) is 4.90 Å². The zero-order valence-corrected chi connectivity index (χ0v) is 22.4. The third-order valence-electron chi connectivity index (χ3n) is 5.23. The number of aromatic nitrogens is 3. The molecule has 0 aliphatic heterocycles. The van der Waals surface area contributed by atoms with E-state index in [0.29, 0.717) is 22.9 Å². The topological polar surface area (TPSA) is 97.3 Å². The summed E-state index contributed by atoms with van der Waals surface area (Å²) in [6, 6.07) is 3.60. The fraction of sp³-hybridized carbons (Fsp3) is 0.500. The predicted molar refractivity (Wildman–Crippen MR) is 138 cm³/mol. The van der Waals surface area contributed by atoms with Gasteiger partial charge in [0, 0.05) is 25.1 Å². The summed E-state index contributed by atoms with van der Waals surface area (Å²) >= 11 is 5.97. The maximum absolute atomic E-state index is 12.9. The Kier molecular flexibility index (Phi) is 9.75. The van der Waals surface area contributed by atoms with Crippen molar-refractivity contribution in [2.75, 3.05) is 30.5 Å². The number of hydrogen-bond acceptors (Lipinski definition) is 6. The SMILES string of the molecule is COCCN(C(=O)C(C)C)c1nc(C)c(C#CC(C)(C)c2ccc(Cl)cn2)c(NC(=O)C(C)C)n1. The highest BCUT2D eigenvalue weighted by molar-refractivity contribution is 6.30. The molecule has 0 spiro atoms. The van der Waals surface area contributed by atoms with Crippen molar-refractivity contribution >= 4 is 35.2 Å². The molecule has 9 heteroatoms. The summed E-state index contributed by atoms with van der Waals surface area (Å²) in [5.41, 5.74) is 1.17. The molecule has 0 aliphatic carbocycles. The Morgan fingerprint density at radius 1 is 1.17 bits per heavy atom. The van der Waals surface area contributed by atoms with Crippen molar-refractivity contribution in [3.05, 3.63) is 40.3 Å². The summed E-state index contributed by atoms with van der Waals surface area (Å²) < 4.78 is 5.17. The molecule has 0 unspecified atom stereocenters. The molecule has 0 aliphatic rings. The minimum absolute atomic E-state index is 0.142. The van der Waals surface area contributed by atoms with Crippen molar-refractivity contribution in [2.45, 2.75) is 53.9 Å². The highest BCUT2D eigenvalue weighted by atomic mass is 35.5. The number of amides is 2. The average molecular weight is 500 g/mol. The number of methoxy groups -OCH3 is 1. The first-order valence-corrected chi connectivity index (χ1v) is 11.9. The Morgan fingerprint density at radius 2 is 1.86 bits per heavy atom. The number of hydrogen-bond donors (Lipinski definition) is 1. The van der Waals surface area contributed by atoms with Gasteiger partial charge in [-0.25, -0.2) is 4.98 Å². The number of anilines is 2. The third kappa shape index (κ3) is 7.48. The normalized spacial score (nSPS) is 11.3. The first-order chi connectivity index (χ1) is 16.4. The molecule has 1 N–H and O–H groups in total. The quantitative estimate of drug-likeness (QED) is 0.541. The van der Waals surface area contributed by atoms with Gasteiger partial charge < -0.3 is 10.1 Å². The van der Waals surface area contributed by atoms with Crippen molar-refractivity contribution in [1.29, 1.82) is 0 Å². The molecule has 0 saturated carbocycles. The molecule has 2 amide bonds. The first-order valence-electron chi connectivity index (χ1n) is 11.5. The van der Waals surface area contributed by atoms with Gasteiger partial charge in [-0.15, -0.1) is 0 Å². The lowest BCUT2D eigenvalue weighted by atomic mass is 9.89. The van der Waals surface area contributed by atoms with Gasteiger partial charge in [-0.2, -0.15) is 4.98 Å². The Balaban J connectivity index is 2.61. The predicted octanol–water partition coefficient (Wildman–Crippen LogP) is 4.39. The van der Waals surface area contributed by atoms with Crippen LogP contribution in [0.1, 0.15) is 58.5 Å². The monoisotopic (exact) mass is 499 g/mol. The molecule has 0 saturated heterocycles. The van der Waals surface area contributed by atoms with E-state index in [-0.39, 0.29) is 42.0 Å². The number of rotatable bonds is 8. The van der Waals surface area contributed by atoms with Crippen molar-refractivity contribution in [2.24, 2.45) is 11.8 Å². The minimum atomic E-state index is -0.604. The summed E-state index contributed by atoms with van der Waals surface area (Å²) in [6.45, 7) is 13.5. The molecule has 0 atom stereocenters. The van der Waals surface area contributed by atoms with Crippen LogP contribution in [0.3, 0.4) is 0 Å². The van der Waals surface area contributed by atoms with Crippen molar-refractivity contribution in [1.82, 2.24) is 15.0 Å². The molecule has 0 fully saturated rings. The molecule has 0 bridgehead atoms. The Hall–Kier alpha value is -3.02. The van der Waals surface area contributed by atoms with Gasteiger partial charge >= 0.3 is 0 Å². The second kappa shape index (κ2) is 12.1. The number of carbonyl (C=O) groups is 2. The number of aryl methyl sites for hydroxylation is 1. The van der Waals surface area contributed by atoms with E-state index in [1.807, 2.05) is 33.8 Å². The summed E-state index contributed by atoms with van der Waals surface area (Å²) in [5, 5.41) is 3.41. The molecule has 2 heterocycles. The van der Waals surface area contributed by atoms with Gasteiger partial charge in [0.2, 0.25) is 17.8 Å². The van der Waals surface area contributed by atoms with Crippen LogP contribution in [-0.4, -0.2) is 47.0 Å². The number of ether oxygens (including phenoxy) is 1. The molecular weight excluding hydrogens is 466 g/mol. The second-order valence-corrected chi connectivity index (χ2v) is 9.79. The van der Waals surface area contributed by atoms with Gasteiger partial charge in [0.15, 0.2) is 5.82 Å². The smallest absolute Gasteiger partial charge is 0.234 e. The number of carbonyl (C=O) groups excluding carboxylic acids is 2. The van der Waals surface area contributed by atoms with E-state index < -0.39 is 5.41 Å². The van der Waals surface area contributed by atoms with Crippen molar-refractivity contribution < 1.29 is 14.3 Å². The number of nitrogens with zero attached hydrogens (tertiary/aromatic N) is 4. The first kappa shape index (κ1) is 28.2. The van der Waals surface area contributed by atoms with Crippen LogP contribution in [0.25, 0.3) is 0 Å². The molecular formula is C26H34ClN5O3. The highest BCUT2D eigenvalue weighted by Crippen LogP contribution is 2.25. The van der Waals surface area contributed by atoms with Gasteiger partial charge in [0.05, 0.1) is 40.5 Å². The largest absolute Gasteiger partial charge is 0.383 e.